The Morgan fingerprint density at radius 1 is 1.28 bits per heavy atom. The Bertz CT molecular complexity index is 539. The molecule has 0 radical (unpaired) electrons. The number of nitrogens with zero attached hydrogens (tertiary/aromatic N) is 2. The van der Waals surface area contributed by atoms with E-state index in [4.69, 9.17) is 5.26 Å². The molecule has 0 aliphatic carbocycles. The van der Waals surface area contributed by atoms with Crippen molar-refractivity contribution in [2.45, 2.75) is 26.7 Å². The molecule has 1 aromatic carbocycles. The fourth-order valence-electron chi connectivity index (χ4n) is 2.18. The number of amides is 2. The van der Waals surface area contributed by atoms with E-state index in [1.165, 1.54) is 4.90 Å². The van der Waals surface area contributed by atoms with Crippen LogP contribution >= 0.6 is 0 Å². The van der Waals surface area contributed by atoms with Crippen LogP contribution < -0.4 is 4.90 Å². The summed E-state index contributed by atoms with van der Waals surface area (Å²) in [6.45, 7) is 3.72. The first-order valence-electron chi connectivity index (χ1n) is 5.89. The van der Waals surface area contributed by atoms with E-state index in [1.807, 2.05) is 19.9 Å². The molecule has 0 N–H and O–H groups in total. The maximum Gasteiger partial charge on any atom is 0.234 e. The maximum atomic E-state index is 12.0. The summed E-state index contributed by atoms with van der Waals surface area (Å²) < 4.78 is 0. The van der Waals surface area contributed by atoms with Crippen LogP contribution in [0.4, 0.5) is 5.69 Å². The van der Waals surface area contributed by atoms with Crippen LogP contribution in [0.1, 0.15) is 30.9 Å². The molecule has 0 atom stereocenters. The largest absolute Gasteiger partial charge is 0.274 e. The second kappa shape index (κ2) is 4.61. The zero-order valence-electron chi connectivity index (χ0n) is 10.4. The number of rotatable bonds is 1. The standard InChI is InChI=1S/C14H14N2O2/c1-9-5-13(17)16(14(18)6-9)12-7-11(8-15)4-3-10(12)2/h3-4,7,9H,5-6H2,1-2H3. The number of carbonyl (C=O) groups excluding carboxylic acids is 2. The lowest BCUT2D eigenvalue weighted by Crippen LogP contribution is -2.43. The minimum atomic E-state index is -0.183. The third-order valence-corrected chi connectivity index (χ3v) is 3.12. The van der Waals surface area contributed by atoms with Gasteiger partial charge in [-0.05, 0) is 30.5 Å². The molecule has 0 aromatic heterocycles. The molecular weight excluding hydrogens is 228 g/mol. The van der Waals surface area contributed by atoms with Gasteiger partial charge >= 0.3 is 0 Å². The Kier molecular flexibility index (Phi) is 3.15. The van der Waals surface area contributed by atoms with E-state index in [0.717, 1.165) is 5.56 Å². The Hall–Kier alpha value is -2.15. The quantitative estimate of drug-likeness (QED) is 0.709. The predicted octanol–water partition coefficient (Wildman–Crippen LogP) is 2.16. The minimum Gasteiger partial charge on any atom is -0.274 e. The van der Waals surface area contributed by atoms with Crippen LogP contribution in [0, 0.1) is 24.2 Å². The van der Waals surface area contributed by atoms with Crippen molar-refractivity contribution in [3.63, 3.8) is 0 Å². The van der Waals surface area contributed by atoms with E-state index in [0.29, 0.717) is 24.1 Å². The number of hydrogen-bond acceptors (Lipinski definition) is 3. The number of nitriles is 1. The number of anilines is 1. The summed E-state index contributed by atoms with van der Waals surface area (Å²) in [5, 5.41) is 8.89. The number of piperidine rings is 1. The molecule has 2 amide bonds. The fourth-order valence-corrected chi connectivity index (χ4v) is 2.18. The van der Waals surface area contributed by atoms with Crippen molar-refractivity contribution in [2.24, 2.45) is 5.92 Å². The van der Waals surface area contributed by atoms with Gasteiger partial charge in [0, 0.05) is 12.8 Å². The lowest BCUT2D eigenvalue weighted by atomic mass is 9.96. The monoisotopic (exact) mass is 242 g/mol. The van der Waals surface area contributed by atoms with Gasteiger partial charge in [-0.15, -0.1) is 0 Å². The molecule has 1 fully saturated rings. The SMILES string of the molecule is Cc1ccc(C#N)cc1N1C(=O)CC(C)CC1=O. The van der Waals surface area contributed by atoms with E-state index in [2.05, 4.69) is 0 Å². The van der Waals surface area contributed by atoms with E-state index in [-0.39, 0.29) is 17.7 Å². The van der Waals surface area contributed by atoms with Crippen molar-refractivity contribution in [1.29, 1.82) is 5.26 Å². The highest BCUT2D eigenvalue weighted by Gasteiger charge is 2.32. The van der Waals surface area contributed by atoms with Crippen LogP contribution in [0.5, 0.6) is 0 Å². The molecule has 1 aliphatic heterocycles. The summed E-state index contributed by atoms with van der Waals surface area (Å²) >= 11 is 0. The molecule has 4 heteroatoms. The third kappa shape index (κ3) is 2.12. The van der Waals surface area contributed by atoms with Crippen LogP contribution in [0.2, 0.25) is 0 Å². The molecule has 1 aliphatic rings. The van der Waals surface area contributed by atoms with Crippen molar-refractivity contribution in [1.82, 2.24) is 0 Å². The molecular formula is C14H14N2O2. The summed E-state index contributed by atoms with van der Waals surface area (Å²) in [4.78, 5) is 25.2. The predicted molar refractivity (Wildman–Crippen MR) is 66.8 cm³/mol. The molecule has 2 rings (SSSR count). The van der Waals surface area contributed by atoms with Gasteiger partial charge in [0.15, 0.2) is 0 Å². The lowest BCUT2D eigenvalue weighted by molar-refractivity contribution is -0.130. The first-order valence-corrected chi connectivity index (χ1v) is 5.89. The van der Waals surface area contributed by atoms with Crippen molar-refractivity contribution in [3.8, 4) is 6.07 Å². The molecule has 1 heterocycles. The smallest absolute Gasteiger partial charge is 0.234 e. The molecule has 92 valence electrons. The Morgan fingerprint density at radius 3 is 2.44 bits per heavy atom. The average Bonchev–Trinajstić information content (AvgIpc) is 2.30. The van der Waals surface area contributed by atoms with E-state index >= 15 is 0 Å². The molecule has 0 unspecified atom stereocenters. The normalized spacial score (nSPS) is 16.8. The summed E-state index contributed by atoms with van der Waals surface area (Å²) in [7, 11) is 0. The summed E-state index contributed by atoms with van der Waals surface area (Å²) in [5.74, 6) is -0.269. The number of aryl methyl sites for hydroxylation is 1. The van der Waals surface area contributed by atoms with E-state index in [9.17, 15) is 9.59 Å². The first kappa shape index (κ1) is 12.3. The Morgan fingerprint density at radius 2 is 1.89 bits per heavy atom. The van der Waals surface area contributed by atoms with Gasteiger partial charge in [0.1, 0.15) is 0 Å². The van der Waals surface area contributed by atoms with Gasteiger partial charge in [-0.25, -0.2) is 0 Å². The third-order valence-electron chi connectivity index (χ3n) is 3.12. The molecule has 18 heavy (non-hydrogen) atoms. The van der Waals surface area contributed by atoms with Crippen molar-refractivity contribution in [2.75, 3.05) is 4.90 Å². The van der Waals surface area contributed by atoms with Gasteiger partial charge in [-0.2, -0.15) is 5.26 Å². The summed E-state index contributed by atoms with van der Waals surface area (Å²) in [6.07, 6.45) is 0.754. The van der Waals surface area contributed by atoms with Crippen LogP contribution in [0.15, 0.2) is 18.2 Å². The fraction of sp³-hybridized carbons (Fsp3) is 0.357. The number of benzene rings is 1. The highest BCUT2D eigenvalue weighted by molar-refractivity contribution is 6.17. The van der Waals surface area contributed by atoms with Crippen molar-refractivity contribution >= 4 is 17.5 Å². The van der Waals surface area contributed by atoms with Crippen molar-refractivity contribution in [3.05, 3.63) is 29.3 Å². The van der Waals surface area contributed by atoms with Gasteiger partial charge in [0.05, 0.1) is 17.3 Å². The molecule has 0 bridgehead atoms. The van der Waals surface area contributed by atoms with E-state index < -0.39 is 0 Å². The topological polar surface area (TPSA) is 61.2 Å². The minimum absolute atomic E-state index is 0.0979. The molecule has 0 saturated carbocycles. The van der Waals surface area contributed by atoms with Gasteiger partial charge in [-0.3, -0.25) is 14.5 Å². The van der Waals surface area contributed by atoms with Crippen molar-refractivity contribution < 1.29 is 9.59 Å². The number of carbonyl (C=O) groups is 2. The van der Waals surface area contributed by atoms with Crippen LogP contribution in [0.25, 0.3) is 0 Å². The summed E-state index contributed by atoms with van der Waals surface area (Å²) in [6, 6.07) is 7.06. The Labute approximate surface area is 106 Å². The molecule has 4 nitrogen and oxygen atoms in total. The number of imide groups is 1. The second-order valence-corrected chi connectivity index (χ2v) is 4.75. The number of hydrogen-bond donors (Lipinski definition) is 0. The van der Waals surface area contributed by atoms with Gasteiger partial charge in [0.2, 0.25) is 11.8 Å². The van der Waals surface area contributed by atoms with E-state index in [1.54, 1.807) is 18.2 Å². The maximum absolute atomic E-state index is 12.0. The van der Waals surface area contributed by atoms with Gasteiger partial charge in [0.25, 0.3) is 0 Å². The zero-order chi connectivity index (χ0) is 13.3. The summed E-state index contributed by atoms with van der Waals surface area (Å²) in [5.41, 5.74) is 1.82. The molecule has 1 aromatic rings. The average molecular weight is 242 g/mol. The Balaban J connectivity index is 2.45. The van der Waals surface area contributed by atoms with Crippen LogP contribution in [-0.2, 0) is 9.59 Å². The first-order chi connectivity index (χ1) is 8.52. The highest BCUT2D eigenvalue weighted by atomic mass is 16.2. The van der Waals surface area contributed by atoms with Gasteiger partial charge < -0.3 is 0 Å². The molecule has 1 saturated heterocycles. The lowest BCUT2D eigenvalue weighted by Gasteiger charge is -2.29. The van der Waals surface area contributed by atoms with Crippen LogP contribution in [0.3, 0.4) is 0 Å². The molecule has 0 spiro atoms. The highest BCUT2D eigenvalue weighted by Crippen LogP contribution is 2.28. The second-order valence-electron chi connectivity index (χ2n) is 4.75. The zero-order valence-corrected chi connectivity index (χ0v) is 10.4. The van der Waals surface area contributed by atoms with Gasteiger partial charge in [-0.1, -0.05) is 13.0 Å². The van der Waals surface area contributed by atoms with Crippen LogP contribution in [-0.4, -0.2) is 11.8 Å².